The first-order chi connectivity index (χ1) is 30.7. The SMILES string of the molecule is Fc1cccc(F)c1-c1cc2c3c(c1)N(c1ccccc1)c1ccc4c5c1B3c1c(ccc3c1N5B1c5c-3cccc5N(c3ccccc3)c3cccc-4c31)N2c1ccccc1. The first-order valence-electron chi connectivity index (χ1n) is 21.2. The van der Waals surface area contributed by atoms with Gasteiger partial charge in [0.15, 0.2) is 0 Å². The van der Waals surface area contributed by atoms with E-state index in [4.69, 9.17) is 0 Å². The maximum absolute atomic E-state index is 16.0. The maximum Gasteiger partial charge on any atom is 0.333 e. The molecule has 0 bridgehead atoms. The van der Waals surface area contributed by atoms with Gasteiger partial charge in [-0.25, -0.2) is 8.78 Å². The van der Waals surface area contributed by atoms with Crippen molar-refractivity contribution in [3.63, 3.8) is 0 Å². The summed E-state index contributed by atoms with van der Waals surface area (Å²) in [6, 6.07) is 62.7. The number of benzene rings is 9. The standard InChI is InChI=1S/C54H30B2F2N4/c57-39-21-12-22-40(58)47(39)31-29-45-50-46(30-31)61(34-17-8-3-9-18-34)44-28-26-38-36-20-11-24-42-49(36)56-48-35(19-10-23-41(48)59(42)32-13-4-1-5-14-32)37-25-27-43(60(45)33-15-6-2-7-16-33)51-53(37)62(56)54(38)52(44)55(50)51/h1-30H. The molecule has 4 nitrogen and oxygen atoms in total. The van der Waals surface area contributed by atoms with E-state index in [1.54, 1.807) is 0 Å². The molecule has 6 aliphatic rings. The molecule has 6 heterocycles. The normalized spacial score (nSPS) is 14.4. The van der Waals surface area contributed by atoms with Crippen molar-refractivity contribution in [3.05, 3.63) is 194 Å². The number of rotatable bonds is 4. The first-order valence-corrected chi connectivity index (χ1v) is 21.2. The average Bonchev–Trinajstić information content (AvgIpc) is 3.31. The predicted molar refractivity (Wildman–Crippen MR) is 252 cm³/mol. The van der Waals surface area contributed by atoms with Crippen LogP contribution in [0.5, 0.6) is 0 Å². The zero-order chi connectivity index (χ0) is 40.5. The molecule has 6 aliphatic heterocycles. The summed E-state index contributed by atoms with van der Waals surface area (Å²) >= 11 is 0. The van der Waals surface area contributed by atoms with Gasteiger partial charge in [-0.05, 0) is 129 Å². The zero-order valence-corrected chi connectivity index (χ0v) is 33.0. The number of anilines is 11. The monoisotopic (exact) mass is 794 g/mol. The molecule has 0 fully saturated rings. The highest BCUT2D eigenvalue weighted by molar-refractivity contribution is 7.06. The fraction of sp³-hybridized carbons (Fsp3) is 0. The van der Waals surface area contributed by atoms with Gasteiger partial charge in [0, 0.05) is 73.7 Å². The van der Waals surface area contributed by atoms with Crippen LogP contribution in [0.4, 0.5) is 71.3 Å². The summed E-state index contributed by atoms with van der Waals surface area (Å²) in [5.41, 5.74) is 23.5. The minimum Gasteiger partial charge on any atom is -0.377 e. The van der Waals surface area contributed by atoms with E-state index in [0.717, 1.165) is 45.3 Å². The molecule has 9 aromatic rings. The van der Waals surface area contributed by atoms with Gasteiger partial charge in [-0.2, -0.15) is 0 Å². The molecule has 0 spiro atoms. The highest BCUT2D eigenvalue weighted by Gasteiger charge is 2.57. The van der Waals surface area contributed by atoms with E-state index < -0.39 is 11.6 Å². The van der Waals surface area contributed by atoms with Gasteiger partial charge in [-0.15, -0.1) is 0 Å². The molecule has 0 aromatic heterocycles. The van der Waals surface area contributed by atoms with Crippen LogP contribution in [0.2, 0.25) is 0 Å². The Morgan fingerprint density at radius 2 is 0.758 bits per heavy atom. The van der Waals surface area contributed by atoms with Crippen LogP contribution in [0.1, 0.15) is 0 Å². The van der Waals surface area contributed by atoms with Crippen molar-refractivity contribution in [3.8, 4) is 33.4 Å². The van der Waals surface area contributed by atoms with Crippen LogP contribution in [-0.4, -0.2) is 13.6 Å². The fourth-order valence-corrected chi connectivity index (χ4v) is 12.0. The van der Waals surface area contributed by atoms with Crippen molar-refractivity contribution in [2.45, 2.75) is 0 Å². The summed E-state index contributed by atoms with van der Waals surface area (Å²) in [4.78, 5) is 9.83. The molecule has 62 heavy (non-hydrogen) atoms. The second-order valence-electron chi connectivity index (χ2n) is 17.0. The van der Waals surface area contributed by atoms with E-state index in [1.807, 2.05) is 24.3 Å². The lowest BCUT2D eigenvalue weighted by Crippen LogP contribution is -2.72. The molecule has 9 aromatic carbocycles. The van der Waals surface area contributed by atoms with Crippen LogP contribution in [0.3, 0.4) is 0 Å². The molecule has 0 saturated carbocycles. The van der Waals surface area contributed by atoms with E-state index in [0.29, 0.717) is 5.56 Å². The van der Waals surface area contributed by atoms with Gasteiger partial charge in [0.1, 0.15) is 11.6 Å². The molecular weight excluding hydrogens is 764 g/mol. The molecule has 0 radical (unpaired) electrons. The van der Waals surface area contributed by atoms with E-state index in [1.165, 1.54) is 85.1 Å². The number of hydrogen-bond donors (Lipinski definition) is 0. The first kappa shape index (κ1) is 33.0. The Morgan fingerprint density at radius 3 is 1.23 bits per heavy atom. The van der Waals surface area contributed by atoms with E-state index in [2.05, 4.69) is 159 Å². The minimum atomic E-state index is -0.590. The summed E-state index contributed by atoms with van der Waals surface area (Å²) in [5.74, 6) is -1.18. The lowest BCUT2D eigenvalue weighted by atomic mass is 9.29. The summed E-state index contributed by atoms with van der Waals surface area (Å²) in [6.45, 7) is -0.236. The van der Waals surface area contributed by atoms with Crippen LogP contribution in [-0.2, 0) is 0 Å². The summed E-state index contributed by atoms with van der Waals surface area (Å²) in [5, 5.41) is 0. The molecular formula is C54H30B2F2N4. The molecule has 0 unspecified atom stereocenters. The molecule has 286 valence electrons. The fourth-order valence-electron chi connectivity index (χ4n) is 12.0. The molecule has 0 amide bonds. The van der Waals surface area contributed by atoms with E-state index in [-0.39, 0.29) is 19.1 Å². The second kappa shape index (κ2) is 11.5. The average molecular weight is 794 g/mol. The second-order valence-corrected chi connectivity index (χ2v) is 17.0. The smallest absolute Gasteiger partial charge is 0.333 e. The molecule has 15 rings (SSSR count). The molecule has 8 heteroatoms. The van der Waals surface area contributed by atoms with Gasteiger partial charge >= 0.3 is 6.85 Å². The van der Waals surface area contributed by atoms with Crippen LogP contribution in [0.15, 0.2) is 182 Å². The number of halogens is 2. The third-order valence-corrected chi connectivity index (χ3v) is 14.2. The molecule has 0 N–H and O–H groups in total. The van der Waals surface area contributed by atoms with Crippen LogP contribution < -0.4 is 46.8 Å². The van der Waals surface area contributed by atoms with Crippen molar-refractivity contribution in [1.29, 1.82) is 0 Å². The summed E-state index contributed by atoms with van der Waals surface area (Å²) in [7, 11) is 0. The number of fused-ring (bicyclic) bond motifs is 2. The largest absolute Gasteiger partial charge is 0.377 e. The third kappa shape index (κ3) is 3.86. The maximum atomic E-state index is 16.0. The van der Waals surface area contributed by atoms with Crippen molar-refractivity contribution in [2.24, 2.45) is 0 Å². The number of para-hydroxylation sites is 3. The van der Waals surface area contributed by atoms with Crippen molar-refractivity contribution in [2.75, 3.05) is 19.5 Å². The van der Waals surface area contributed by atoms with Gasteiger partial charge in [0.25, 0.3) is 6.71 Å². The highest BCUT2D eigenvalue weighted by atomic mass is 19.1. The Hall–Kier alpha value is -7.83. The number of nitrogens with zero attached hydrogens (tertiary/aromatic N) is 4. The van der Waals surface area contributed by atoms with Crippen molar-refractivity contribution in [1.82, 2.24) is 0 Å². The Kier molecular flexibility index (Phi) is 6.11. The Labute approximate surface area is 357 Å². The quantitative estimate of drug-likeness (QED) is 0.165. The third-order valence-electron chi connectivity index (χ3n) is 14.2. The lowest BCUT2D eigenvalue weighted by Gasteiger charge is -2.56. The number of hydrogen-bond acceptors (Lipinski definition) is 4. The van der Waals surface area contributed by atoms with E-state index in [9.17, 15) is 0 Å². The van der Waals surface area contributed by atoms with Crippen LogP contribution in [0.25, 0.3) is 33.4 Å². The highest BCUT2D eigenvalue weighted by Crippen LogP contribution is 2.57. The molecule has 0 aliphatic carbocycles. The van der Waals surface area contributed by atoms with Crippen LogP contribution >= 0.6 is 0 Å². The zero-order valence-electron chi connectivity index (χ0n) is 33.0. The Bertz CT molecular complexity index is 3290. The van der Waals surface area contributed by atoms with Gasteiger partial charge in [-0.1, -0.05) is 97.1 Å². The molecule has 0 atom stereocenters. The Balaban J connectivity index is 1.13. The topological polar surface area (TPSA) is 13.0 Å². The lowest BCUT2D eigenvalue weighted by molar-refractivity contribution is 0.589. The summed E-state index contributed by atoms with van der Waals surface area (Å²) < 4.78 is 32.0. The van der Waals surface area contributed by atoms with Crippen molar-refractivity contribution >= 4 is 103 Å². The van der Waals surface area contributed by atoms with Gasteiger partial charge < -0.3 is 19.5 Å². The predicted octanol–water partition coefficient (Wildman–Crippen LogP) is 10.7. The van der Waals surface area contributed by atoms with Gasteiger partial charge in [0.2, 0.25) is 0 Å². The van der Waals surface area contributed by atoms with Gasteiger partial charge in [0.05, 0.1) is 5.56 Å². The van der Waals surface area contributed by atoms with E-state index >= 15 is 8.78 Å². The Morgan fingerprint density at radius 1 is 0.339 bits per heavy atom. The minimum absolute atomic E-state index is 0.0310. The van der Waals surface area contributed by atoms with Gasteiger partial charge in [-0.3, -0.25) is 0 Å². The van der Waals surface area contributed by atoms with Crippen LogP contribution in [0, 0.1) is 11.6 Å². The summed E-state index contributed by atoms with van der Waals surface area (Å²) in [6.07, 6.45) is 0. The van der Waals surface area contributed by atoms with Crippen molar-refractivity contribution < 1.29 is 8.78 Å². The molecule has 0 saturated heterocycles.